The van der Waals surface area contributed by atoms with Crippen LogP contribution in [0.4, 0.5) is 0 Å². The van der Waals surface area contributed by atoms with Crippen molar-refractivity contribution in [2.24, 2.45) is 0 Å². The predicted octanol–water partition coefficient (Wildman–Crippen LogP) is 4.89. The molecular formula is C16H12ClN5OS2. The topological polar surface area (TPSA) is 69.6 Å². The molecule has 0 aliphatic heterocycles. The zero-order valence-corrected chi connectivity index (χ0v) is 15.4. The smallest absolute Gasteiger partial charge is 0.257 e. The van der Waals surface area contributed by atoms with E-state index < -0.39 is 0 Å². The molecule has 3 heterocycles. The maximum Gasteiger partial charge on any atom is 0.257 e. The summed E-state index contributed by atoms with van der Waals surface area (Å²) in [5, 5.41) is 19.8. The summed E-state index contributed by atoms with van der Waals surface area (Å²) in [7, 11) is 0. The number of benzene rings is 1. The van der Waals surface area contributed by atoms with Gasteiger partial charge in [0.1, 0.15) is 6.33 Å². The Bertz CT molecular complexity index is 982. The highest BCUT2D eigenvalue weighted by Gasteiger charge is 2.19. The Hall–Kier alpha value is -2.16. The molecular weight excluding hydrogens is 378 g/mol. The van der Waals surface area contributed by atoms with Gasteiger partial charge in [-0.2, -0.15) is 0 Å². The molecule has 0 aliphatic carbocycles. The molecule has 0 saturated heterocycles. The van der Waals surface area contributed by atoms with Crippen LogP contribution in [0.3, 0.4) is 0 Å². The van der Waals surface area contributed by atoms with E-state index in [1.54, 1.807) is 17.7 Å². The van der Waals surface area contributed by atoms with Crippen LogP contribution >= 0.6 is 34.7 Å². The summed E-state index contributed by atoms with van der Waals surface area (Å²) in [4.78, 5) is 0.957. The third kappa shape index (κ3) is 3.46. The number of hydrogen-bond acceptors (Lipinski definition) is 7. The van der Waals surface area contributed by atoms with Crippen LogP contribution in [0.15, 0.2) is 57.7 Å². The first-order valence-corrected chi connectivity index (χ1v) is 9.54. The van der Waals surface area contributed by atoms with Gasteiger partial charge in [0.2, 0.25) is 5.89 Å². The second kappa shape index (κ2) is 6.99. The van der Waals surface area contributed by atoms with Crippen molar-refractivity contribution in [1.82, 2.24) is 25.0 Å². The number of nitrogens with zero attached hydrogens (tertiary/aromatic N) is 5. The van der Waals surface area contributed by atoms with Gasteiger partial charge < -0.3 is 4.42 Å². The van der Waals surface area contributed by atoms with Gasteiger partial charge in [-0.25, -0.2) is 0 Å². The quantitative estimate of drug-likeness (QED) is 0.453. The summed E-state index contributed by atoms with van der Waals surface area (Å²) in [5.74, 6) is 1.09. The summed E-state index contributed by atoms with van der Waals surface area (Å²) < 4.78 is 7.67. The fraction of sp³-hybridized carbons (Fsp3) is 0.125. The molecule has 1 atom stereocenters. The fourth-order valence-electron chi connectivity index (χ4n) is 2.22. The summed E-state index contributed by atoms with van der Waals surface area (Å²) in [6, 6.07) is 11.4. The van der Waals surface area contributed by atoms with Crippen molar-refractivity contribution in [3.05, 3.63) is 59.0 Å². The average molecular weight is 390 g/mol. The van der Waals surface area contributed by atoms with Crippen LogP contribution in [-0.2, 0) is 0 Å². The van der Waals surface area contributed by atoms with Gasteiger partial charge in [-0.1, -0.05) is 35.5 Å². The van der Waals surface area contributed by atoms with E-state index >= 15 is 0 Å². The Kier molecular flexibility index (Phi) is 4.56. The zero-order chi connectivity index (χ0) is 17.2. The molecule has 25 heavy (non-hydrogen) atoms. The van der Waals surface area contributed by atoms with E-state index in [9.17, 15) is 0 Å². The standard InChI is InChI=1S/C16H12ClN5OS2/c1-10(14-19-20-15(23-14)13-6-3-7-24-13)25-16-21-18-9-22(16)12-5-2-4-11(17)8-12/h2-10H,1H3/t10-/m1/s1. The first-order valence-electron chi connectivity index (χ1n) is 7.40. The van der Waals surface area contributed by atoms with Crippen molar-refractivity contribution >= 4 is 34.7 Å². The van der Waals surface area contributed by atoms with Crippen molar-refractivity contribution in [2.45, 2.75) is 17.3 Å². The highest BCUT2D eigenvalue weighted by molar-refractivity contribution is 7.99. The number of thiophene rings is 1. The molecule has 9 heteroatoms. The molecule has 4 rings (SSSR count). The monoisotopic (exact) mass is 389 g/mol. The molecule has 0 N–H and O–H groups in total. The van der Waals surface area contributed by atoms with Crippen molar-refractivity contribution < 1.29 is 4.42 Å². The number of thioether (sulfide) groups is 1. The summed E-state index contributed by atoms with van der Waals surface area (Å²) in [6.45, 7) is 1.99. The second-order valence-electron chi connectivity index (χ2n) is 5.15. The molecule has 0 aliphatic rings. The third-order valence-electron chi connectivity index (χ3n) is 3.41. The number of aromatic nitrogens is 5. The van der Waals surface area contributed by atoms with Crippen molar-refractivity contribution in [3.8, 4) is 16.5 Å². The lowest BCUT2D eigenvalue weighted by molar-refractivity contribution is 0.510. The van der Waals surface area contributed by atoms with E-state index in [1.807, 2.05) is 53.3 Å². The van der Waals surface area contributed by atoms with Gasteiger partial charge in [-0.05, 0) is 36.6 Å². The van der Waals surface area contributed by atoms with Gasteiger partial charge in [0, 0.05) is 5.02 Å². The minimum Gasteiger partial charge on any atom is -0.419 e. The van der Waals surface area contributed by atoms with Gasteiger partial charge >= 0.3 is 0 Å². The summed E-state index contributed by atoms with van der Waals surface area (Å²) in [6.07, 6.45) is 1.66. The van der Waals surface area contributed by atoms with Gasteiger partial charge in [0.05, 0.1) is 15.8 Å². The Morgan fingerprint density at radius 3 is 2.92 bits per heavy atom. The van der Waals surface area contributed by atoms with Crippen molar-refractivity contribution in [3.63, 3.8) is 0 Å². The lowest BCUT2D eigenvalue weighted by atomic mass is 10.3. The molecule has 0 amide bonds. The van der Waals surface area contributed by atoms with Crippen LogP contribution in [0.5, 0.6) is 0 Å². The van der Waals surface area contributed by atoms with Crippen LogP contribution in [0.1, 0.15) is 18.1 Å². The van der Waals surface area contributed by atoms with E-state index in [2.05, 4.69) is 20.4 Å². The van der Waals surface area contributed by atoms with E-state index in [4.69, 9.17) is 16.0 Å². The van der Waals surface area contributed by atoms with Crippen molar-refractivity contribution in [1.29, 1.82) is 0 Å². The lowest BCUT2D eigenvalue weighted by Crippen LogP contribution is -1.97. The maximum absolute atomic E-state index is 6.07. The predicted molar refractivity (Wildman–Crippen MR) is 98.3 cm³/mol. The highest BCUT2D eigenvalue weighted by atomic mass is 35.5. The number of halogens is 1. The lowest BCUT2D eigenvalue weighted by Gasteiger charge is -2.09. The molecule has 0 fully saturated rings. The first kappa shape index (κ1) is 16.3. The number of hydrogen-bond donors (Lipinski definition) is 0. The van der Waals surface area contributed by atoms with Crippen LogP contribution in [-0.4, -0.2) is 25.0 Å². The second-order valence-corrected chi connectivity index (χ2v) is 7.84. The SMILES string of the molecule is C[C@@H](Sc1nncn1-c1cccc(Cl)c1)c1nnc(-c2cccs2)o1. The molecule has 126 valence electrons. The van der Waals surface area contributed by atoms with Crippen LogP contribution in [0.2, 0.25) is 5.02 Å². The Morgan fingerprint density at radius 2 is 2.12 bits per heavy atom. The molecule has 1 aromatic carbocycles. The van der Waals surface area contributed by atoms with Gasteiger partial charge in [0.15, 0.2) is 5.16 Å². The average Bonchev–Trinajstić information content (AvgIpc) is 3.35. The third-order valence-corrected chi connectivity index (χ3v) is 5.54. The number of rotatable bonds is 5. The van der Waals surface area contributed by atoms with Gasteiger partial charge in [0.25, 0.3) is 5.89 Å². The Balaban J connectivity index is 1.56. The van der Waals surface area contributed by atoms with Crippen LogP contribution in [0, 0.1) is 0 Å². The molecule has 6 nitrogen and oxygen atoms in total. The first-order chi connectivity index (χ1) is 12.2. The summed E-state index contributed by atoms with van der Waals surface area (Å²) in [5.41, 5.74) is 0.900. The van der Waals surface area contributed by atoms with Gasteiger partial charge in [-0.3, -0.25) is 4.57 Å². The van der Waals surface area contributed by atoms with E-state index in [-0.39, 0.29) is 5.25 Å². The maximum atomic E-state index is 6.07. The molecule has 0 saturated carbocycles. The minimum atomic E-state index is -0.0663. The molecule has 0 spiro atoms. The Morgan fingerprint density at radius 1 is 1.20 bits per heavy atom. The van der Waals surface area contributed by atoms with E-state index in [0.29, 0.717) is 16.8 Å². The molecule has 0 bridgehead atoms. The summed E-state index contributed by atoms with van der Waals surface area (Å²) >= 11 is 9.13. The van der Waals surface area contributed by atoms with Crippen LogP contribution in [0.25, 0.3) is 16.5 Å². The minimum absolute atomic E-state index is 0.0663. The fourth-order valence-corrected chi connectivity index (χ4v) is 3.92. The van der Waals surface area contributed by atoms with E-state index in [1.165, 1.54) is 11.8 Å². The highest BCUT2D eigenvalue weighted by Crippen LogP contribution is 2.35. The van der Waals surface area contributed by atoms with E-state index in [0.717, 1.165) is 15.7 Å². The molecule has 0 unspecified atom stereocenters. The largest absolute Gasteiger partial charge is 0.419 e. The van der Waals surface area contributed by atoms with Crippen molar-refractivity contribution in [2.75, 3.05) is 0 Å². The Labute approximate surface area is 156 Å². The normalized spacial score (nSPS) is 12.4. The zero-order valence-electron chi connectivity index (χ0n) is 13.0. The van der Waals surface area contributed by atoms with Crippen LogP contribution < -0.4 is 0 Å². The molecule has 3 aromatic heterocycles. The molecule has 0 radical (unpaired) electrons. The molecule has 4 aromatic rings. The van der Waals surface area contributed by atoms with Gasteiger partial charge in [-0.15, -0.1) is 31.7 Å².